The van der Waals surface area contributed by atoms with Crippen molar-refractivity contribution in [3.63, 3.8) is 0 Å². The Morgan fingerprint density at radius 1 is 1.17 bits per heavy atom. The molecule has 0 saturated carbocycles. The minimum atomic E-state index is -0.586. The molecular formula is C20H24FN5O3. The minimum absolute atomic E-state index is 0.0972. The van der Waals surface area contributed by atoms with Gasteiger partial charge < -0.3 is 4.90 Å². The fourth-order valence-corrected chi connectivity index (χ4v) is 4.34. The van der Waals surface area contributed by atoms with Gasteiger partial charge in [0.05, 0.1) is 0 Å². The molecule has 1 aromatic heterocycles. The summed E-state index contributed by atoms with van der Waals surface area (Å²) in [6.07, 6.45) is 3.21. The molecule has 0 radical (unpaired) electrons. The van der Waals surface area contributed by atoms with Crippen LogP contribution in [-0.4, -0.2) is 46.0 Å². The van der Waals surface area contributed by atoms with E-state index in [9.17, 15) is 18.8 Å². The lowest BCUT2D eigenvalue weighted by molar-refractivity contribution is -0.134. The smallest absolute Gasteiger partial charge is 0.328 e. The number of likely N-dealkylation sites (tertiary alicyclic amines) is 1. The quantitative estimate of drug-likeness (QED) is 0.679. The molecule has 3 N–H and O–H groups in total. The SMILES string of the molecule is O=C(Cn1ccc(=O)[nH]c1=O)N1CCCC(C2NNCC2c2ccc(F)cc2)C1. The van der Waals surface area contributed by atoms with Crippen LogP contribution in [0.25, 0.3) is 0 Å². The summed E-state index contributed by atoms with van der Waals surface area (Å²) >= 11 is 0. The van der Waals surface area contributed by atoms with Crippen LogP contribution in [0.4, 0.5) is 4.39 Å². The van der Waals surface area contributed by atoms with Crippen molar-refractivity contribution in [3.8, 4) is 0 Å². The number of benzene rings is 1. The first-order valence-electron chi connectivity index (χ1n) is 9.82. The Hall–Kier alpha value is -2.78. The second-order valence-electron chi connectivity index (χ2n) is 7.69. The van der Waals surface area contributed by atoms with Gasteiger partial charge in [-0.15, -0.1) is 0 Å². The summed E-state index contributed by atoms with van der Waals surface area (Å²) in [4.78, 5) is 39.7. The summed E-state index contributed by atoms with van der Waals surface area (Å²) in [5.74, 6) is 0.0341. The number of rotatable bonds is 4. The summed E-state index contributed by atoms with van der Waals surface area (Å²) in [5.41, 5.74) is 6.54. The number of H-pyrrole nitrogens is 1. The van der Waals surface area contributed by atoms with Crippen LogP contribution >= 0.6 is 0 Å². The summed E-state index contributed by atoms with van der Waals surface area (Å²) in [5, 5.41) is 0. The molecule has 3 atom stereocenters. The lowest BCUT2D eigenvalue weighted by Gasteiger charge is -2.37. The van der Waals surface area contributed by atoms with Crippen molar-refractivity contribution in [1.29, 1.82) is 0 Å². The second kappa shape index (κ2) is 8.30. The molecule has 1 amide bonds. The number of hydrogen-bond donors (Lipinski definition) is 3. The summed E-state index contributed by atoms with van der Waals surface area (Å²) in [6, 6.07) is 7.94. The standard InChI is InChI=1S/C20H24FN5O3/c21-15-5-3-13(4-6-15)16-10-22-24-19(16)14-2-1-8-25(11-14)18(28)12-26-9-7-17(27)23-20(26)29/h3-7,9,14,16,19,22,24H,1-2,8,10-12H2,(H,23,27,29). The fraction of sp³-hybridized carbons (Fsp3) is 0.450. The number of aromatic nitrogens is 2. The number of nitrogens with zero attached hydrogens (tertiary/aromatic N) is 2. The molecule has 2 fully saturated rings. The zero-order valence-corrected chi connectivity index (χ0v) is 15.9. The Labute approximate surface area is 166 Å². The predicted octanol–water partition coefficient (Wildman–Crippen LogP) is 0.175. The molecule has 3 unspecified atom stereocenters. The van der Waals surface area contributed by atoms with E-state index in [1.807, 2.05) is 12.1 Å². The molecule has 154 valence electrons. The van der Waals surface area contributed by atoms with Crippen molar-refractivity contribution >= 4 is 5.91 Å². The van der Waals surface area contributed by atoms with Gasteiger partial charge in [-0.3, -0.25) is 30.0 Å². The lowest BCUT2D eigenvalue weighted by atomic mass is 9.81. The van der Waals surface area contributed by atoms with Gasteiger partial charge >= 0.3 is 5.69 Å². The number of amides is 1. The van der Waals surface area contributed by atoms with E-state index in [-0.39, 0.29) is 36.1 Å². The molecule has 2 aliphatic heterocycles. The topological polar surface area (TPSA) is 99.2 Å². The molecule has 0 aliphatic carbocycles. The van der Waals surface area contributed by atoms with E-state index in [1.165, 1.54) is 29.0 Å². The summed E-state index contributed by atoms with van der Waals surface area (Å²) < 4.78 is 14.5. The van der Waals surface area contributed by atoms with Gasteiger partial charge in [-0.05, 0) is 36.5 Å². The number of carbonyl (C=O) groups is 1. The van der Waals surface area contributed by atoms with Gasteiger partial charge in [-0.1, -0.05) is 12.1 Å². The molecule has 4 rings (SSSR count). The zero-order chi connectivity index (χ0) is 20.4. The molecule has 0 bridgehead atoms. The van der Waals surface area contributed by atoms with E-state index in [0.717, 1.165) is 24.9 Å². The van der Waals surface area contributed by atoms with Crippen LogP contribution in [0.5, 0.6) is 0 Å². The minimum Gasteiger partial charge on any atom is -0.341 e. The normalized spacial score (nSPS) is 24.6. The van der Waals surface area contributed by atoms with E-state index in [1.54, 1.807) is 4.90 Å². The fourth-order valence-electron chi connectivity index (χ4n) is 4.34. The number of aromatic amines is 1. The Morgan fingerprint density at radius 2 is 1.97 bits per heavy atom. The van der Waals surface area contributed by atoms with Crippen molar-refractivity contribution in [1.82, 2.24) is 25.3 Å². The van der Waals surface area contributed by atoms with Crippen molar-refractivity contribution < 1.29 is 9.18 Å². The van der Waals surface area contributed by atoms with Crippen molar-refractivity contribution in [2.24, 2.45) is 5.92 Å². The van der Waals surface area contributed by atoms with E-state index in [2.05, 4.69) is 15.8 Å². The second-order valence-corrected chi connectivity index (χ2v) is 7.69. The highest BCUT2D eigenvalue weighted by Crippen LogP contribution is 2.31. The van der Waals surface area contributed by atoms with E-state index >= 15 is 0 Å². The van der Waals surface area contributed by atoms with Crippen LogP contribution in [0.15, 0.2) is 46.1 Å². The highest BCUT2D eigenvalue weighted by Gasteiger charge is 2.37. The molecule has 0 spiro atoms. The predicted molar refractivity (Wildman–Crippen MR) is 105 cm³/mol. The van der Waals surface area contributed by atoms with Crippen molar-refractivity contribution in [2.45, 2.75) is 31.3 Å². The first-order valence-corrected chi connectivity index (χ1v) is 9.82. The average Bonchev–Trinajstić information content (AvgIpc) is 3.20. The van der Waals surface area contributed by atoms with Crippen LogP contribution in [0.1, 0.15) is 24.3 Å². The number of hydrogen-bond acceptors (Lipinski definition) is 5. The van der Waals surface area contributed by atoms with Crippen LogP contribution in [0.3, 0.4) is 0 Å². The number of piperidine rings is 1. The van der Waals surface area contributed by atoms with Gasteiger partial charge in [0.15, 0.2) is 0 Å². The molecule has 2 saturated heterocycles. The maximum Gasteiger partial charge on any atom is 0.328 e. The molecule has 1 aromatic carbocycles. The summed E-state index contributed by atoms with van der Waals surface area (Å²) in [7, 11) is 0. The number of carbonyl (C=O) groups excluding carboxylic acids is 1. The first kappa shape index (κ1) is 19.5. The molecule has 9 heteroatoms. The Bertz CT molecular complexity index is 987. The molecule has 3 heterocycles. The molecule has 29 heavy (non-hydrogen) atoms. The van der Waals surface area contributed by atoms with E-state index in [0.29, 0.717) is 13.1 Å². The Balaban J connectivity index is 1.44. The van der Waals surface area contributed by atoms with Crippen LogP contribution in [0.2, 0.25) is 0 Å². The maximum absolute atomic E-state index is 13.3. The first-order chi connectivity index (χ1) is 14.0. The van der Waals surface area contributed by atoms with Gasteiger partial charge in [-0.25, -0.2) is 9.18 Å². The Kier molecular flexibility index (Phi) is 5.59. The monoisotopic (exact) mass is 401 g/mol. The van der Waals surface area contributed by atoms with Crippen molar-refractivity contribution in [3.05, 3.63) is 68.7 Å². The highest BCUT2D eigenvalue weighted by molar-refractivity contribution is 5.76. The third-order valence-electron chi connectivity index (χ3n) is 5.84. The van der Waals surface area contributed by atoms with Gasteiger partial charge in [0.1, 0.15) is 12.4 Å². The maximum atomic E-state index is 13.3. The largest absolute Gasteiger partial charge is 0.341 e. The highest BCUT2D eigenvalue weighted by atomic mass is 19.1. The van der Waals surface area contributed by atoms with Crippen molar-refractivity contribution in [2.75, 3.05) is 19.6 Å². The van der Waals surface area contributed by atoms with E-state index in [4.69, 9.17) is 0 Å². The van der Waals surface area contributed by atoms with Gasteiger partial charge in [0.25, 0.3) is 5.56 Å². The van der Waals surface area contributed by atoms with Gasteiger partial charge in [0, 0.05) is 43.9 Å². The number of halogens is 1. The third kappa shape index (κ3) is 4.30. The van der Waals surface area contributed by atoms with E-state index < -0.39 is 11.2 Å². The van der Waals surface area contributed by atoms with Crippen LogP contribution in [-0.2, 0) is 11.3 Å². The summed E-state index contributed by atoms with van der Waals surface area (Å²) in [6.45, 7) is 1.89. The number of nitrogens with one attached hydrogen (secondary N) is 3. The molecule has 8 nitrogen and oxygen atoms in total. The molecule has 2 aromatic rings. The lowest BCUT2D eigenvalue weighted by Crippen LogP contribution is -2.49. The van der Waals surface area contributed by atoms with Gasteiger partial charge in [0.2, 0.25) is 5.91 Å². The molecule has 2 aliphatic rings. The number of hydrazine groups is 1. The average molecular weight is 401 g/mol. The zero-order valence-electron chi connectivity index (χ0n) is 15.9. The third-order valence-corrected chi connectivity index (χ3v) is 5.84. The van der Waals surface area contributed by atoms with Gasteiger partial charge in [-0.2, -0.15) is 0 Å². The Morgan fingerprint density at radius 3 is 2.72 bits per heavy atom. The van der Waals surface area contributed by atoms with Crippen LogP contribution in [0, 0.1) is 11.7 Å². The van der Waals surface area contributed by atoms with Crippen LogP contribution < -0.4 is 22.1 Å². The molecular weight excluding hydrogens is 377 g/mol.